The van der Waals surface area contributed by atoms with Gasteiger partial charge in [0.25, 0.3) is 0 Å². The number of nitrogens with one attached hydrogen (secondary N) is 2. The molecule has 2 N–H and O–H groups in total. The summed E-state index contributed by atoms with van der Waals surface area (Å²) in [7, 11) is 2.17. The number of fused-ring (bicyclic) bond motifs is 1. The van der Waals surface area contributed by atoms with Crippen LogP contribution in [0.2, 0.25) is 0 Å². The van der Waals surface area contributed by atoms with Gasteiger partial charge in [-0.3, -0.25) is 0 Å². The molecule has 24 heavy (non-hydrogen) atoms. The van der Waals surface area contributed by atoms with Gasteiger partial charge in [0.15, 0.2) is 0 Å². The van der Waals surface area contributed by atoms with Crippen molar-refractivity contribution in [3.8, 4) is 0 Å². The summed E-state index contributed by atoms with van der Waals surface area (Å²) in [6.07, 6.45) is 1.78. The van der Waals surface area contributed by atoms with Gasteiger partial charge < -0.3 is 20.1 Å². The number of aromatic nitrogens is 3. The summed E-state index contributed by atoms with van der Waals surface area (Å²) < 4.78 is 0. The topological polar surface area (TPSA) is 60.1 Å². The molecule has 3 aromatic rings. The van der Waals surface area contributed by atoms with E-state index in [4.69, 9.17) is 0 Å². The molecule has 0 radical (unpaired) electrons. The second kappa shape index (κ2) is 6.13. The molecule has 4 rings (SSSR count). The van der Waals surface area contributed by atoms with Crippen LogP contribution >= 0.6 is 0 Å². The first-order valence-electron chi connectivity index (χ1n) is 8.31. The summed E-state index contributed by atoms with van der Waals surface area (Å²) in [6.45, 7) is 6.37. The second-order valence-electron chi connectivity index (χ2n) is 6.37. The van der Waals surface area contributed by atoms with Crippen molar-refractivity contribution in [3.05, 3.63) is 42.1 Å². The van der Waals surface area contributed by atoms with E-state index in [1.54, 1.807) is 6.20 Å². The fourth-order valence-corrected chi connectivity index (χ4v) is 3.05. The third-order valence-electron chi connectivity index (χ3n) is 4.58. The Hall–Kier alpha value is -2.60. The maximum Gasteiger partial charge on any atom is 0.206 e. The highest BCUT2D eigenvalue weighted by Gasteiger charge is 2.15. The number of piperazine rings is 1. The van der Waals surface area contributed by atoms with Crippen LogP contribution in [0.1, 0.15) is 5.56 Å². The first-order valence-corrected chi connectivity index (χ1v) is 8.31. The number of hydrogen-bond donors (Lipinski definition) is 2. The Morgan fingerprint density at radius 3 is 2.75 bits per heavy atom. The normalized spacial score (nSPS) is 15.8. The lowest BCUT2D eigenvalue weighted by Crippen LogP contribution is -2.44. The van der Waals surface area contributed by atoms with E-state index in [2.05, 4.69) is 55.3 Å². The number of benzene rings is 1. The number of hydrogen-bond acceptors (Lipinski definition) is 5. The third-order valence-corrected chi connectivity index (χ3v) is 4.58. The number of H-pyrrole nitrogens is 1. The summed E-state index contributed by atoms with van der Waals surface area (Å²) >= 11 is 0. The summed E-state index contributed by atoms with van der Waals surface area (Å²) in [5, 5.41) is 3.27. The summed E-state index contributed by atoms with van der Waals surface area (Å²) in [4.78, 5) is 17.1. The molecule has 6 nitrogen and oxygen atoms in total. The molecule has 0 aliphatic carbocycles. The van der Waals surface area contributed by atoms with Gasteiger partial charge in [0, 0.05) is 38.1 Å². The number of aromatic amines is 1. The van der Waals surface area contributed by atoms with Crippen LogP contribution < -0.4 is 10.2 Å². The minimum Gasteiger partial charge on any atom is -0.369 e. The van der Waals surface area contributed by atoms with E-state index >= 15 is 0 Å². The summed E-state index contributed by atoms with van der Waals surface area (Å²) in [5.74, 6) is 1.55. The molecule has 6 heteroatoms. The Labute approximate surface area is 141 Å². The average molecular weight is 322 g/mol. The van der Waals surface area contributed by atoms with Gasteiger partial charge in [-0.05, 0) is 43.8 Å². The number of aryl methyl sites for hydroxylation is 1. The van der Waals surface area contributed by atoms with Crippen LogP contribution in [0.5, 0.6) is 0 Å². The van der Waals surface area contributed by atoms with Gasteiger partial charge in [0.1, 0.15) is 5.82 Å². The molecule has 1 aromatic carbocycles. The lowest BCUT2D eigenvalue weighted by Gasteiger charge is -2.34. The first kappa shape index (κ1) is 15.0. The highest BCUT2D eigenvalue weighted by atomic mass is 15.2. The fourth-order valence-electron chi connectivity index (χ4n) is 3.05. The van der Waals surface area contributed by atoms with E-state index in [9.17, 15) is 0 Å². The number of anilines is 3. The van der Waals surface area contributed by atoms with Gasteiger partial charge in [-0.15, -0.1) is 0 Å². The Morgan fingerprint density at radius 2 is 1.96 bits per heavy atom. The largest absolute Gasteiger partial charge is 0.369 e. The third kappa shape index (κ3) is 2.92. The van der Waals surface area contributed by atoms with Crippen LogP contribution in [-0.4, -0.2) is 53.1 Å². The van der Waals surface area contributed by atoms with Crippen molar-refractivity contribution in [1.29, 1.82) is 0 Å². The number of nitrogens with zero attached hydrogens (tertiary/aromatic N) is 4. The highest BCUT2D eigenvalue weighted by molar-refractivity contribution is 5.82. The lowest BCUT2D eigenvalue weighted by molar-refractivity contribution is 0.313. The van der Waals surface area contributed by atoms with E-state index in [1.165, 1.54) is 5.69 Å². The van der Waals surface area contributed by atoms with E-state index < -0.39 is 0 Å². The molecular weight excluding hydrogens is 300 g/mol. The van der Waals surface area contributed by atoms with Crippen molar-refractivity contribution < 1.29 is 0 Å². The molecule has 1 aliphatic heterocycles. The molecule has 2 aromatic heterocycles. The predicted octanol–water partition coefficient (Wildman–Crippen LogP) is 2.76. The van der Waals surface area contributed by atoms with E-state index in [-0.39, 0.29) is 0 Å². The summed E-state index contributed by atoms with van der Waals surface area (Å²) in [6, 6.07) is 10.4. The highest BCUT2D eigenvalue weighted by Crippen LogP contribution is 2.24. The smallest absolute Gasteiger partial charge is 0.206 e. The van der Waals surface area contributed by atoms with Crippen molar-refractivity contribution in [1.82, 2.24) is 19.9 Å². The van der Waals surface area contributed by atoms with Crippen LogP contribution in [0.25, 0.3) is 11.0 Å². The first-order chi connectivity index (χ1) is 11.7. The second-order valence-corrected chi connectivity index (χ2v) is 6.37. The maximum atomic E-state index is 4.61. The monoisotopic (exact) mass is 322 g/mol. The Balaban J connectivity index is 1.58. The molecule has 0 bridgehead atoms. The molecule has 0 spiro atoms. The van der Waals surface area contributed by atoms with E-state index in [0.29, 0.717) is 0 Å². The molecule has 1 aliphatic rings. The van der Waals surface area contributed by atoms with Crippen molar-refractivity contribution in [2.45, 2.75) is 6.92 Å². The van der Waals surface area contributed by atoms with Gasteiger partial charge >= 0.3 is 0 Å². The van der Waals surface area contributed by atoms with E-state index in [1.807, 2.05) is 19.1 Å². The van der Waals surface area contributed by atoms with Crippen molar-refractivity contribution in [2.24, 2.45) is 0 Å². The zero-order valence-electron chi connectivity index (χ0n) is 14.1. The number of pyridine rings is 1. The zero-order chi connectivity index (χ0) is 16.5. The average Bonchev–Trinajstić information content (AvgIpc) is 2.99. The fraction of sp³-hybridized carbons (Fsp3) is 0.333. The minimum atomic E-state index is 0.724. The lowest BCUT2D eigenvalue weighted by atomic mass is 10.2. The van der Waals surface area contributed by atoms with Crippen LogP contribution in [0, 0.1) is 6.92 Å². The Bertz CT molecular complexity index is 848. The van der Waals surface area contributed by atoms with Gasteiger partial charge in [-0.1, -0.05) is 6.07 Å². The molecule has 0 saturated carbocycles. The molecule has 1 fully saturated rings. The molecular formula is C18H22N6. The van der Waals surface area contributed by atoms with Crippen LogP contribution in [0.4, 0.5) is 17.5 Å². The van der Waals surface area contributed by atoms with Crippen molar-refractivity contribution >= 4 is 28.5 Å². The number of rotatable bonds is 3. The molecule has 0 amide bonds. The Kier molecular flexibility index (Phi) is 3.82. The van der Waals surface area contributed by atoms with Gasteiger partial charge in [0.2, 0.25) is 5.95 Å². The SMILES string of the molecule is Cc1cccnc1Nc1nc2ccc(N3CCN(C)CC3)cc2[nH]1. The van der Waals surface area contributed by atoms with Crippen LogP contribution in [0.15, 0.2) is 36.5 Å². The van der Waals surface area contributed by atoms with Gasteiger partial charge in [0.05, 0.1) is 11.0 Å². The standard InChI is InChI=1S/C18H22N6/c1-13-4-3-7-19-17(13)22-18-20-15-6-5-14(12-16(15)21-18)24-10-8-23(2)9-11-24/h3-7,12H,8-11H2,1-2H3,(H2,19,20,21,22). The van der Waals surface area contributed by atoms with Crippen molar-refractivity contribution in [2.75, 3.05) is 43.4 Å². The maximum absolute atomic E-state index is 4.61. The number of imidazole rings is 1. The van der Waals surface area contributed by atoms with Gasteiger partial charge in [-0.25, -0.2) is 9.97 Å². The predicted molar refractivity (Wildman–Crippen MR) is 98.1 cm³/mol. The van der Waals surface area contributed by atoms with E-state index in [0.717, 1.165) is 54.5 Å². The summed E-state index contributed by atoms with van der Waals surface area (Å²) in [5.41, 5.74) is 4.35. The van der Waals surface area contributed by atoms with Crippen LogP contribution in [0.3, 0.4) is 0 Å². The molecule has 0 atom stereocenters. The van der Waals surface area contributed by atoms with Crippen LogP contribution in [-0.2, 0) is 0 Å². The molecule has 1 saturated heterocycles. The van der Waals surface area contributed by atoms with Crippen molar-refractivity contribution in [3.63, 3.8) is 0 Å². The molecule has 3 heterocycles. The molecule has 0 unspecified atom stereocenters. The Morgan fingerprint density at radius 1 is 1.12 bits per heavy atom. The van der Waals surface area contributed by atoms with Gasteiger partial charge in [-0.2, -0.15) is 0 Å². The minimum absolute atomic E-state index is 0.724. The zero-order valence-corrected chi connectivity index (χ0v) is 14.1. The molecule has 124 valence electrons. The quantitative estimate of drug-likeness (QED) is 0.776. The number of likely N-dealkylation sites (N-methyl/N-ethyl adjacent to an activating group) is 1.